The number of hydrogen-bond donors (Lipinski definition) is 2. The lowest BCUT2D eigenvalue weighted by Crippen LogP contribution is -1.94. The molecule has 2 N–H and O–H groups in total. The van der Waals surface area contributed by atoms with Gasteiger partial charge >= 0.3 is 0 Å². The third-order valence-corrected chi connectivity index (χ3v) is 6.27. The number of nitrogens with zero attached hydrogens (tertiary/aromatic N) is 1. The maximum absolute atomic E-state index is 5.71. The number of rotatable bonds is 5. The van der Waals surface area contributed by atoms with Crippen LogP contribution in [0.3, 0.4) is 0 Å². The molecule has 0 bridgehead atoms. The maximum Gasteiger partial charge on any atom is 0.126 e. The van der Waals surface area contributed by atoms with Gasteiger partial charge in [-0.1, -0.05) is 36.4 Å². The molecule has 0 saturated carbocycles. The zero-order chi connectivity index (χ0) is 23.1. The van der Waals surface area contributed by atoms with Crippen LogP contribution in [0.1, 0.15) is 0 Å². The summed E-state index contributed by atoms with van der Waals surface area (Å²) >= 11 is 0. The summed E-state index contributed by atoms with van der Waals surface area (Å²) in [6.45, 7) is 0. The highest BCUT2D eigenvalue weighted by atomic mass is 16.5. The third-order valence-electron chi connectivity index (χ3n) is 6.27. The van der Waals surface area contributed by atoms with Crippen molar-refractivity contribution in [2.24, 2.45) is 0 Å². The Morgan fingerprint density at radius 2 is 1.21 bits per heavy atom. The molecule has 6 rings (SSSR count). The van der Waals surface area contributed by atoms with E-state index in [2.05, 4.69) is 58.5 Å². The van der Waals surface area contributed by atoms with Gasteiger partial charge in [0.05, 0.1) is 25.6 Å². The predicted octanol–water partition coefficient (Wildman–Crippen LogP) is 7.06. The van der Waals surface area contributed by atoms with Gasteiger partial charge in [-0.25, -0.2) is 4.98 Å². The van der Waals surface area contributed by atoms with Crippen LogP contribution in [0.2, 0.25) is 0 Å². The fourth-order valence-electron chi connectivity index (χ4n) is 4.57. The number of ether oxygens (including phenoxy) is 2. The van der Waals surface area contributed by atoms with Gasteiger partial charge in [-0.2, -0.15) is 0 Å². The summed E-state index contributed by atoms with van der Waals surface area (Å²) in [6.07, 6.45) is 4.05. The molecule has 3 aromatic carbocycles. The molecule has 0 radical (unpaired) electrons. The van der Waals surface area contributed by atoms with E-state index in [0.717, 1.165) is 66.9 Å². The quantitative estimate of drug-likeness (QED) is 0.298. The summed E-state index contributed by atoms with van der Waals surface area (Å²) in [5, 5.41) is 2.27. The molecule has 5 heteroatoms. The number of hydrogen-bond acceptors (Lipinski definition) is 3. The van der Waals surface area contributed by atoms with E-state index in [1.165, 1.54) is 0 Å². The molecule has 0 amide bonds. The van der Waals surface area contributed by atoms with Gasteiger partial charge in [0.1, 0.15) is 11.5 Å². The van der Waals surface area contributed by atoms with Gasteiger partial charge in [-0.05, 0) is 48.0 Å². The van der Waals surface area contributed by atoms with Gasteiger partial charge in [-0.15, -0.1) is 0 Å². The van der Waals surface area contributed by atoms with E-state index in [9.17, 15) is 0 Å². The first-order valence-corrected chi connectivity index (χ1v) is 11.1. The van der Waals surface area contributed by atoms with Gasteiger partial charge in [-0.3, -0.25) is 0 Å². The van der Waals surface area contributed by atoms with Crippen LogP contribution in [0.15, 0.2) is 91.3 Å². The van der Waals surface area contributed by atoms with Crippen molar-refractivity contribution in [3.05, 3.63) is 91.3 Å². The van der Waals surface area contributed by atoms with E-state index in [-0.39, 0.29) is 0 Å². The average molecular weight is 446 g/mol. The fraction of sp³-hybridized carbons (Fsp3) is 0.0690. The first-order valence-electron chi connectivity index (χ1n) is 11.1. The van der Waals surface area contributed by atoms with Crippen molar-refractivity contribution in [2.45, 2.75) is 0 Å². The van der Waals surface area contributed by atoms with E-state index in [1.54, 1.807) is 14.2 Å². The number of methoxy groups -OCH3 is 2. The zero-order valence-corrected chi connectivity index (χ0v) is 18.9. The molecule has 0 aliphatic carbocycles. The third kappa shape index (κ3) is 3.30. The smallest absolute Gasteiger partial charge is 0.126 e. The molecule has 0 fully saturated rings. The fourth-order valence-corrected chi connectivity index (χ4v) is 4.57. The van der Waals surface area contributed by atoms with Crippen LogP contribution in [0.5, 0.6) is 11.5 Å². The van der Waals surface area contributed by atoms with Gasteiger partial charge in [0, 0.05) is 50.9 Å². The van der Waals surface area contributed by atoms with E-state index in [1.807, 2.05) is 42.7 Å². The summed E-state index contributed by atoms with van der Waals surface area (Å²) in [4.78, 5) is 11.9. The highest BCUT2D eigenvalue weighted by molar-refractivity contribution is 5.98. The van der Waals surface area contributed by atoms with Crippen molar-refractivity contribution in [1.82, 2.24) is 15.0 Å². The van der Waals surface area contributed by atoms with E-state index in [4.69, 9.17) is 14.5 Å². The zero-order valence-electron chi connectivity index (χ0n) is 18.9. The molecule has 34 heavy (non-hydrogen) atoms. The first kappa shape index (κ1) is 20.1. The second-order valence-electron chi connectivity index (χ2n) is 8.19. The largest absolute Gasteiger partial charge is 0.497 e. The Hall–Kier alpha value is -4.51. The van der Waals surface area contributed by atoms with Crippen molar-refractivity contribution >= 4 is 21.8 Å². The minimum atomic E-state index is 0.773. The van der Waals surface area contributed by atoms with E-state index >= 15 is 0 Å². The SMILES string of the molecule is COc1ccc(OC)c(-c2cc(-c3c[nH]c4ccccc34)nc(-c3c[nH]c4ccccc34)c2)c1. The number of para-hydroxylation sites is 2. The van der Waals surface area contributed by atoms with Crippen molar-refractivity contribution in [1.29, 1.82) is 0 Å². The number of aromatic nitrogens is 3. The molecular formula is C29H23N3O2. The molecule has 0 aliphatic rings. The number of H-pyrrole nitrogens is 2. The maximum atomic E-state index is 5.71. The van der Waals surface area contributed by atoms with Crippen LogP contribution in [-0.4, -0.2) is 29.2 Å². The lowest BCUT2D eigenvalue weighted by Gasteiger charge is -2.13. The Kier molecular flexibility index (Phi) is 4.81. The minimum absolute atomic E-state index is 0.773. The highest BCUT2D eigenvalue weighted by Crippen LogP contribution is 2.39. The molecule has 6 aromatic rings. The van der Waals surface area contributed by atoms with Crippen LogP contribution in [0.25, 0.3) is 55.4 Å². The van der Waals surface area contributed by atoms with Crippen LogP contribution < -0.4 is 9.47 Å². The minimum Gasteiger partial charge on any atom is -0.497 e. The molecule has 5 nitrogen and oxygen atoms in total. The summed E-state index contributed by atoms with van der Waals surface area (Å²) in [5.74, 6) is 1.55. The Bertz CT molecular complexity index is 1550. The number of fused-ring (bicyclic) bond motifs is 2. The highest BCUT2D eigenvalue weighted by Gasteiger charge is 2.16. The van der Waals surface area contributed by atoms with Crippen molar-refractivity contribution < 1.29 is 9.47 Å². The van der Waals surface area contributed by atoms with Gasteiger partial charge < -0.3 is 19.4 Å². The molecule has 0 spiro atoms. The number of aromatic amines is 2. The normalized spacial score (nSPS) is 11.2. The monoisotopic (exact) mass is 445 g/mol. The summed E-state index contributed by atoms with van der Waals surface area (Å²) < 4.78 is 11.2. The number of benzene rings is 3. The molecule has 0 aliphatic heterocycles. The molecule has 3 aromatic heterocycles. The summed E-state index contributed by atoms with van der Waals surface area (Å²) in [7, 11) is 3.36. The molecule has 0 atom stereocenters. The summed E-state index contributed by atoms with van der Waals surface area (Å²) in [6, 6.07) is 26.6. The molecule has 166 valence electrons. The van der Waals surface area contributed by atoms with Gasteiger partial charge in [0.25, 0.3) is 0 Å². The Balaban J connectivity index is 1.64. The second-order valence-corrected chi connectivity index (χ2v) is 8.19. The Labute approximate surface area is 197 Å². The molecular weight excluding hydrogens is 422 g/mol. The number of nitrogens with one attached hydrogen (secondary N) is 2. The van der Waals surface area contributed by atoms with Crippen LogP contribution in [0, 0.1) is 0 Å². The topological polar surface area (TPSA) is 62.9 Å². The van der Waals surface area contributed by atoms with Crippen molar-refractivity contribution in [2.75, 3.05) is 14.2 Å². The Morgan fingerprint density at radius 3 is 1.76 bits per heavy atom. The number of pyridine rings is 1. The van der Waals surface area contributed by atoms with Gasteiger partial charge in [0.15, 0.2) is 0 Å². The average Bonchev–Trinajstić information content (AvgIpc) is 3.53. The van der Waals surface area contributed by atoms with Crippen molar-refractivity contribution in [3.8, 4) is 45.1 Å². The predicted molar refractivity (Wildman–Crippen MR) is 137 cm³/mol. The lowest BCUT2D eigenvalue weighted by atomic mass is 9.98. The summed E-state index contributed by atoms with van der Waals surface area (Å²) in [5.41, 5.74) is 8.01. The van der Waals surface area contributed by atoms with Crippen LogP contribution in [0.4, 0.5) is 0 Å². The van der Waals surface area contributed by atoms with Crippen LogP contribution >= 0.6 is 0 Å². The Morgan fingerprint density at radius 1 is 0.618 bits per heavy atom. The molecule has 3 heterocycles. The molecule has 0 saturated heterocycles. The first-order chi connectivity index (χ1) is 16.7. The van der Waals surface area contributed by atoms with E-state index in [0.29, 0.717) is 0 Å². The van der Waals surface area contributed by atoms with Gasteiger partial charge in [0.2, 0.25) is 0 Å². The van der Waals surface area contributed by atoms with Crippen LogP contribution in [-0.2, 0) is 0 Å². The second kappa shape index (κ2) is 8.12. The standard InChI is InChI=1S/C29H23N3O2/c1-33-19-11-12-29(34-2)22(15-19)18-13-27(23-16-30-25-9-5-3-7-20(23)25)32-28(14-18)24-17-31-26-10-6-4-8-21(24)26/h3-17,30-31H,1-2H3. The van der Waals surface area contributed by atoms with E-state index < -0.39 is 0 Å². The molecule has 0 unspecified atom stereocenters. The lowest BCUT2D eigenvalue weighted by molar-refractivity contribution is 0.404. The van der Waals surface area contributed by atoms with Crippen molar-refractivity contribution in [3.63, 3.8) is 0 Å².